The third kappa shape index (κ3) is 5.62. The van der Waals surface area contributed by atoms with E-state index >= 15 is 0 Å². The summed E-state index contributed by atoms with van der Waals surface area (Å²) in [6.45, 7) is 8.55. The summed E-state index contributed by atoms with van der Waals surface area (Å²) in [5.41, 5.74) is 3.08. The quantitative estimate of drug-likeness (QED) is 0.537. The van der Waals surface area contributed by atoms with Crippen molar-refractivity contribution in [1.29, 1.82) is 0 Å². The van der Waals surface area contributed by atoms with E-state index in [0.717, 1.165) is 17.1 Å². The molecule has 8 heteroatoms. The number of anilines is 1. The lowest BCUT2D eigenvalue weighted by atomic mass is 10.1. The number of rotatable bonds is 7. The standard InChI is InChI=1S/C26H31N5O3/c1-19(2)26(33)31(17-22-5-4-16-34-22)18-25(32)30-14-12-29(13-15-30)24-11-10-23(27-28-24)21-8-6-20(3)7-9-21/h4-11,16,19H,12-15,17-18H2,1-3H3. The third-order valence-electron chi connectivity index (χ3n) is 6.01. The van der Waals surface area contributed by atoms with Crippen molar-refractivity contribution in [3.8, 4) is 11.3 Å². The molecule has 1 saturated heterocycles. The van der Waals surface area contributed by atoms with Crippen LogP contribution in [0.2, 0.25) is 0 Å². The molecule has 3 aromatic rings. The van der Waals surface area contributed by atoms with Gasteiger partial charge in [0.2, 0.25) is 11.8 Å². The van der Waals surface area contributed by atoms with Crippen molar-refractivity contribution in [2.45, 2.75) is 27.3 Å². The molecule has 1 fully saturated rings. The van der Waals surface area contributed by atoms with Crippen LogP contribution in [0.5, 0.6) is 0 Å². The lowest BCUT2D eigenvalue weighted by molar-refractivity contribution is -0.143. The van der Waals surface area contributed by atoms with Crippen LogP contribution in [0.4, 0.5) is 5.82 Å². The molecule has 4 rings (SSSR count). The largest absolute Gasteiger partial charge is 0.467 e. The zero-order valence-electron chi connectivity index (χ0n) is 20.0. The summed E-state index contributed by atoms with van der Waals surface area (Å²) in [5, 5.41) is 8.81. The first kappa shape index (κ1) is 23.5. The van der Waals surface area contributed by atoms with Gasteiger partial charge in [-0.2, -0.15) is 0 Å². The molecule has 0 bridgehead atoms. The van der Waals surface area contributed by atoms with Crippen LogP contribution in [0, 0.1) is 12.8 Å². The maximum absolute atomic E-state index is 13.0. The molecule has 1 aliphatic rings. The maximum Gasteiger partial charge on any atom is 0.242 e. The Labute approximate surface area is 200 Å². The Balaban J connectivity index is 1.33. The van der Waals surface area contributed by atoms with Gasteiger partial charge in [0.05, 0.1) is 18.5 Å². The number of nitrogens with zero attached hydrogens (tertiary/aromatic N) is 5. The van der Waals surface area contributed by atoms with Gasteiger partial charge in [-0.25, -0.2) is 0 Å². The van der Waals surface area contributed by atoms with E-state index in [1.54, 1.807) is 17.2 Å². The molecule has 34 heavy (non-hydrogen) atoms. The Hall–Kier alpha value is -3.68. The molecule has 0 unspecified atom stereocenters. The van der Waals surface area contributed by atoms with Crippen molar-refractivity contribution in [2.75, 3.05) is 37.6 Å². The second-order valence-electron chi connectivity index (χ2n) is 8.94. The second kappa shape index (κ2) is 10.5. The van der Waals surface area contributed by atoms with E-state index in [1.807, 2.05) is 49.1 Å². The van der Waals surface area contributed by atoms with Gasteiger partial charge in [0, 0.05) is 37.7 Å². The molecule has 2 amide bonds. The van der Waals surface area contributed by atoms with E-state index in [4.69, 9.17) is 4.42 Å². The fraction of sp³-hybridized carbons (Fsp3) is 0.385. The number of piperazine rings is 1. The fourth-order valence-corrected chi connectivity index (χ4v) is 3.99. The van der Waals surface area contributed by atoms with Gasteiger partial charge < -0.3 is 19.1 Å². The van der Waals surface area contributed by atoms with Crippen molar-refractivity contribution >= 4 is 17.6 Å². The van der Waals surface area contributed by atoms with E-state index in [1.165, 1.54) is 5.56 Å². The fourth-order valence-electron chi connectivity index (χ4n) is 3.99. The van der Waals surface area contributed by atoms with Crippen LogP contribution in [0.3, 0.4) is 0 Å². The minimum atomic E-state index is -0.193. The van der Waals surface area contributed by atoms with Crippen molar-refractivity contribution < 1.29 is 14.0 Å². The third-order valence-corrected chi connectivity index (χ3v) is 6.01. The highest BCUT2D eigenvalue weighted by molar-refractivity contribution is 5.85. The van der Waals surface area contributed by atoms with E-state index < -0.39 is 0 Å². The predicted octanol–water partition coefficient (Wildman–Crippen LogP) is 3.38. The van der Waals surface area contributed by atoms with Gasteiger partial charge in [-0.1, -0.05) is 43.7 Å². The molecule has 0 atom stereocenters. The van der Waals surface area contributed by atoms with Gasteiger partial charge in [-0.15, -0.1) is 10.2 Å². The highest BCUT2D eigenvalue weighted by atomic mass is 16.3. The number of hydrogen-bond donors (Lipinski definition) is 0. The summed E-state index contributed by atoms with van der Waals surface area (Å²) in [4.78, 5) is 31.2. The molecule has 0 aliphatic carbocycles. The monoisotopic (exact) mass is 461 g/mol. The number of furan rings is 1. The van der Waals surface area contributed by atoms with Gasteiger partial charge in [-0.05, 0) is 31.2 Å². The Bertz CT molecular complexity index is 1090. The van der Waals surface area contributed by atoms with E-state index in [2.05, 4.69) is 34.2 Å². The van der Waals surface area contributed by atoms with Crippen LogP contribution >= 0.6 is 0 Å². The Morgan fingerprint density at radius 2 is 1.74 bits per heavy atom. The van der Waals surface area contributed by atoms with Crippen LogP contribution in [0.15, 0.2) is 59.2 Å². The number of carbonyl (C=O) groups is 2. The SMILES string of the molecule is Cc1ccc(-c2ccc(N3CCN(C(=O)CN(Cc4ccco4)C(=O)C(C)C)CC3)nn2)cc1. The molecule has 8 nitrogen and oxygen atoms in total. The number of benzene rings is 1. The van der Waals surface area contributed by atoms with Crippen molar-refractivity contribution in [2.24, 2.45) is 5.92 Å². The predicted molar refractivity (Wildman–Crippen MR) is 130 cm³/mol. The number of aryl methyl sites for hydroxylation is 1. The minimum absolute atomic E-state index is 0.0444. The summed E-state index contributed by atoms with van der Waals surface area (Å²) in [6.07, 6.45) is 1.57. The molecule has 0 N–H and O–H groups in total. The topological polar surface area (TPSA) is 82.8 Å². The van der Waals surface area contributed by atoms with Crippen LogP contribution < -0.4 is 4.90 Å². The Kier molecular flexibility index (Phi) is 7.25. The molecule has 1 aromatic carbocycles. The van der Waals surface area contributed by atoms with Gasteiger partial charge >= 0.3 is 0 Å². The normalized spacial score (nSPS) is 13.9. The average molecular weight is 462 g/mol. The highest BCUT2D eigenvalue weighted by Gasteiger charge is 2.27. The van der Waals surface area contributed by atoms with Crippen molar-refractivity contribution in [3.05, 3.63) is 66.1 Å². The van der Waals surface area contributed by atoms with Crippen LogP contribution in [0.25, 0.3) is 11.3 Å². The molecule has 0 spiro atoms. The van der Waals surface area contributed by atoms with Crippen LogP contribution in [-0.4, -0.2) is 64.5 Å². The van der Waals surface area contributed by atoms with Crippen molar-refractivity contribution in [1.82, 2.24) is 20.0 Å². The average Bonchev–Trinajstić information content (AvgIpc) is 3.37. The molecule has 178 valence electrons. The molecular formula is C26H31N5O3. The first-order chi connectivity index (χ1) is 16.4. The molecular weight excluding hydrogens is 430 g/mol. The molecule has 2 aromatic heterocycles. The first-order valence-electron chi connectivity index (χ1n) is 11.7. The van der Waals surface area contributed by atoms with Gasteiger partial charge in [0.25, 0.3) is 0 Å². The number of amides is 2. The number of aromatic nitrogens is 2. The first-order valence-corrected chi connectivity index (χ1v) is 11.7. The molecule has 0 saturated carbocycles. The summed E-state index contributed by atoms with van der Waals surface area (Å²) >= 11 is 0. The molecule has 3 heterocycles. The summed E-state index contributed by atoms with van der Waals surface area (Å²) < 4.78 is 5.39. The Morgan fingerprint density at radius 3 is 2.32 bits per heavy atom. The van der Waals surface area contributed by atoms with Crippen LogP contribution in [-0.2, 0) is 16.1 Å². The smallest absolute Gasteiger partial charge is 0.242 e. The lowest BCUT2D eigenvalue weighted by Crippen LogP contribution is -2.52. The van der Waals surface area contributed by atoms with Crippen LogP contribution in [0.1, 0.15) is 25.2 Å². The Morgan fingerprint density at radius 1 is 1.00 bits per heavy atom. The number of carbonyl (C=O) groups excluding carboxylic acids is 2. The minimum Gasteiger partial charge on any atom is -0.467 e. The van der Waals surface area contributed by atoms with E-state index in [9.17, 15) is 9.59 Å². The van der Waals surface area contributed by atoms with E-state index in [0.29, 0.717) is 38.5 Å². The summed E-state index contributed by atoms with van der Waals surface area (Å²) in [6, 6.07) is 15.8. The lowest BCUT2D eigenvalue weighted by Gasteiger charge is -2.36. The number of hydrogen-bond acceptors (Lipinski definition) is 6. The van der Waals surface area contributed by atoms with Crippen molar-refractivity contribution in [3.63, 3.8) is 0 Å². The molecule has 1 aliphatic heterocycles. The van der Waals surface area contributed by atoms with Gasteiger partial charge in [0.1, 0.15) is 12.3 Å². The van der Waals surface area contributed by atoms with E-state index in [-0.39, 0.29) is 24.3 Å². The summed E-state index contributed by atoms with van der Waals surface area (Å²) in [5.74, 6) is 1.16. The van der Waals surface area contributed by atoms with Gasteiger partial charge in [-0.3, -0.25) is 9.59 Å². The maximum atomic E-state index is 13.0. The van der Waals surface area contributed by atoms with Gasteiger partial charge in [0.15, 0.2) is 5.82 Å². The zero-order valence-corrected chi connectivity index (χ0v) is 20.0. The molecule has 0 radical (unpaired) electrons. The summed E-state index contributed by atoms with van der Waals surface area (Å²) in [7, 11) is 0. The zero-order chi connectivity index (χ0) is 24.1. The second-order valence-corrected chi connectivity index (χ2v) is 8.94. The highest BCUT2D eigenvalue weighted by Crippen LogP contribution is 2.20.